The number of allylic oxidation sites excluding steroid dienone is 3. The van der Waals surface area contributed by atoms with Gasteiger partial charge in [0, 0.05) is 25.1 Å². The van der Waals surface area contributed by atoms with Crippen LogP contribution >= 0.6 is 0 Å². The fraction of sp³-hybridized carbons (Fsp3) is 0.353. The molecule has 0 saturated heterocycles. The normalized spacial score (nSPS) is 17.3. The molecule has 0 bridgehead atoms. The molecule has 2 heterocycles. The summed E-state index contributed by atoms with van der Waals surface area (Å²) in [5.74, 6) is 0.941. The van der Waals surface area contributed by atoms with Crippen LogP contribution in [0, 0.1) is 5.82 Å². The number of rotatable bonds is 5. The maximum atomic E-state index is 14.3. The molecule has 1 aliphatic heterocycles. The Bertz CT molecular complexity index is 879. The summed E-state index contributed by atoms with van der Waals surface area (Å²) in [6, 6.07) is 0.909. The summed E-state index contributed by atoms with van der Waals surface area (Å²) in [6.45, 7) is 1.49. The van der Waals surface area contributed by atoms with Gasteiger partial charge in [-0.3, -0.25) is 5.01 Å². The van der Waals surface area contributed by atoms with Gasteiger partial charge in [0.2, 0.25) is 0 Å². The fourth-order valence-electron chi connectivity index (χ4n) is 2.14. The topological polar surface area (TPSA) is 127 Å². The number of aliphatic hydroxyl groups is 2. The first kappa shape index (κ1) is 22.6. The van der Waals surface area contributed by atoms with Crippen LogP contribution in [0.3, 0.4) is 0 Å². The monoisotopic (exact) mass is 420 g/mol. The number of alkyl halides is 3. The highest BCUT2D eigenvalue weighted by Gasteiger charge is 2.50. The molecule has 1 aromatic heterocycles. The molecule has 0 aliphatic carbocycles. The second kappa shape index (κ2) is 7.63. The first-order chi connectivity index (χ1) is 13.2. The van der Waals surface area contributed by atoms with E-state index < -0.39 is 35.1 Å². The molecule has 0 amide bonds. The number of hydrazine groups is 1. The highest BCUT2D eigenvalue weighted by molar-refractivity contribution is 5.77. The van der Waals surface area contributed by atoms with Gasteiger partial charge < -0.3 is 25.4 Å². The van der Waals surface area contributed by atoms with Crippen molar-refractivity contribution in [3.05, 3.63) is 53.4 Å². The van der Waals surface area contributed by atoms with Crippen molar-refractivity contribution in [3.63, 3.8) is 0 Å². The van der Waals surface area contributed by atoms with E-state index in [0.717, 1.165) is 38.2 Å². The second-order valence-electron chi connectivity index (χ2n) is 6.56. The molecular weight excluding hydrogens is 400 g/mol. The lowest BCUT2D eigenvalue weighted by atomic mass is 10.0. The highest BCUT2D eigenvalue weighted by Crippen LogP contribution is 2.35. The average Bonchev–Trinajstić information content (AvgIpc) is 2.62. The van der Waals surface area contributed by atoms with Crippen molar-refractivity contribution in [1.82, 2.24) is 9.99 Å². The predicted molar refractivity (Wildman–Crippen MR) is 93.5 cm³/mol. The molecule has 0 atom stereocenters. The van der Waals surface area contributed by atoms with Gasteiger partial charge in [-0.25, -0.2) is 15.2 Å². The number of halogens is 4. The third-order valence-electron chi connectivity index (χ3n) is 4.07. The number of hydrogen-bond acceptors (Lipinski definition) is 8. The Labute approximate surface area is 163 Å². The maximum absolute atomic E-state index is 14.3. The Morgan fingerprint density at radius 2 is 1.86 bits per heavy atom. The maximum Gasteiger partial charge on any atom is 0.427 e. The van der Waals surface area contributed by atoms with Crippen LogP contribution in [0.25, 0.3) is 5.57 Å². The molecule has 0 radical (unpaired) electrons. The largest absolute Gasteiger partial charge is 0.460 e. The van der Waals surface area contributed by atoms with Crippen molar-refractivity contribution in [2.75, 3.05) is 7.11 Å². The summed E-state index contributed by atoms with van der Waals surface area (Å²) in [5.41, 5.74) is 2.82. The molecular formula is C17H20F4N4O4. The number of pyridine rings is 1. The van der Waals surface area contributed by atoms with Crippen LogP contribution < -0.4 is 16.3 Å². The van der Waals surface area contributed by atoms with E-state index in [0.29, 0.717) is 0 Å². The molecule has 0 aromatic carbocycles. The number of hydrogen-bond donors (Lipinski definition) is 4. The first-order valence-electron chi connectivity index (χ1n) is 8.05. The van der Waals surface area contributed by atoms with Crippen LogP contribution in [0.4, 0.5) is 17.6 Å². The predicted octanol–water partition coefficient (Wildman–Crippen LogP) is 1.48. The Morgan fingerprint density at radius 1 is 1.24 bits per heavy atom. The number of aromatic nitrogens is 1. The van der Waals surface area contributed by atoms with E-state index in [4.69, 9.17) is 11.6 Å². The molecule has 0 spiro atoms. The van der Waals surface area contributed by atoms with Crippen molar-refractivity contribution in [2.45, 2.75) is 31.6 Å². The van der Waals surface area contributed by atoms with Crippen LogP contribution in [-0.2, 0) is 4.74 Å². The third-order valence-corrected chi connectivity index (χ3v) is 4.07. The van der Waals surface area contributed by atoms with E-state index in [9.17, 15) is 27.8 Å². The van der Waals surface area contributed by atoms with Gasteiger partial charge in [0.25, 0.3) is 5.88 Å². The van der Waals surface area contributed by atoms with Gasteiger partial charge in [-0.1, -0.05) is 0 Å². The molecule has 1 aliphatic rings. The second-order valence-corrected chi connectivity index (χ2v) is 6.56. The van der Waals surface area contributed by atoms with Gasteiger partial charge in [0.15, 0.2) is 11.4 Å². The lowest BCUT2D eigenvalue weighted by molar-refractivity contribution is -0.299. The van der Waals surface area contributed by atoms with Crippen molar-refractivity contribution in [2.24, 2.45) is 11.6 Å². The first-order valence-corrected chi connectivity index (χ1v) is 8.05. The smallest absolute Gasteiger partial charge is 0.427 e. The van der Waals surface area contributed by atoms with Crippen LogP contribution in [0.2, 0.25) is 0 Å². The van der Waals surface area contributed by atoms with Crippen molar-refractivity contribution in [3.8, 4) is 5.88 Å². The summed E-state index contributed by atoms with van der Waals surface area (Å²) in [5, 5.41) is 20.4. The quantitative estimate of drug-likeness (QED) is 0.321. The Morgan fingerprint density at radius 3 is 2.38 bits per heavy atom. The minimum atomic E-state index is -4.74. The van der Waals surface area contributed by atoms with Crippen LogP contribution in [-0.4, -0.2) is 45.1 Å². The zero-order valence-electron chi connectivity index (χ0n) is 15.7. The van der Waals surface area contributed by atoms with E-state index in [1.54, 1.807) is 0 Å². The molecule has 29 heavy (non-hydrogen) atoms. The Kier molecular flexibility index (Phi) is 5.95. The Balaban J connectivity index is 2.41. The Hall–Kier alpha value is -2.67. The van der Waals surface area contributed by atoms with Gasteiger partial charge in [-0.05, 0) is 37.6 Å². The van der Waals surface area contributed by atoms with Crippen molar-refractivity contribution >= 4 is 5.57 Å². The van der Waals surface area contributed by atoms with E-state index in [-0.39, 0.29) is 16.8 Å². The number of nitrogens with zero attached hydrogens (tertiary/aromatic N) is 2. The summed E-state index contributed by atoms with van der Waals surface area (Å²) >= 11 is 0. The molecule has 0 unspecified atom stereocenters. The summed E-state index contributed by atoms with van der Waals surface area (Å²) in [7, 11) is 0.998. The van der Waals surface area contributed by atoms with Crippen LogP contribution in [0.1, 0.15) is 19.4 Å². The summed E-state index contributed by atoms with van der Waals surface area (Å²) in [4.78, 5) is 3.62. The molecule has 2 rings (SSSR count). The van der Waals surface area contributed by atoms with E-state index >= 15 is 0 Å². The third kappa shape index (κ3) is 4.67. The zero-order valence-corrected chi connectivity index (χ0v) is 15.7. The molecule has 6 N–H and O–H groups in total. The van der Waals surface area contributed by atoms with Crippen molar-refractivity contribution in [1.29, 1.82) is 0 Å². The highest BCUT2D eigenvalue weighted by atomic mass is 19.4. The standard InChI is InChI=1S/C17H20F4N4O4/c1-15(2,17(19,20)21)29-14-11(18)6-10(8-24-14)9-4-5-25(23)12(7-9)13(22)16(26,27)28-3/h4-8,26-27H,22-23H2,1-3H3/b13-12-. The molecule has 0 fully saturated rings. The van der Waals surface area contributed by atoms with Crippen LogP contribution in [0.15, 0.2) is 42.0 Å². The average molecular weight is 420 g/mol. The van der Waals surface area contributed by atoms with E-state index in [1.807, 2.05) is 0 Å². The van der Waals surface area contributed by atoms with Gasteiger partial charge in [-0.2, -0.15) is 13.2 Å². The van der Waals surface area contributed by atoms with Gasteiger partial charge in [-0.15, -0.1) is 0 Å². The lowest BCUT2D eigenvalue weighted by Gasteiger charge is -2.28. The summed E-state index contributed by atoms with van der Waals surface area (Å²) < 4.78 is 62.2. The van der Waals surface area contributed by atoms with Gasteiger partial charge >= 0.3 is 12.1 Å². The molecule has 1 aromatic rings. The van der Waals surface area contributed by atoms with E-state index in [1.165, 1.54) is 18.4 Å². The number of ether oxygens (including phenoxy) is 2. The van der Waals surface area contributed by atoms with Gasteiger partial charge in [0.05, 0.1) is 5.70 Å². The van der Waals surface area contributed by atoms with Crippen LogP contribution in [0.5, 0.6) is 5.88 Å². The number of nitrogens with two attached hydrogens (primary N) is 2. The summed E-state index contributed by atoms with van der Waals surface area (Å²) in [6.07, 6.45) is 0.350. The minimum Gasteiger partial charge on any atom is -0.460 e. The lowest BCUT2D eigenvalue weighted by Crippen LogP contribution is -2.45. The van der Waals surface area contributed by atoms with Gasteiger partial charge in [0.1, 0.15) is 5.70 Å². The van der Waals surface area contributed by atoms with Crippen molar-refractivity contribution < 1.29 is 37.2 Å². The number of methoxy groups -OCH3 is 1. The zero-order chi connectivity index (χ0) is 22.2. The molecule has 8 nitrogen and oxygen atoms in total. The minimum absolute atomic E-state index is 0.0757. The molecule has 0 saturated carbocycles. The molecule has 12 heteroatoms. The fourth-order valence-corrected chi connectivity index (χ4v) is 2.14. The van der Waals surface area contributed by atoms with E-state index in [2.05, 4.69) is 14.5 Å². The SMILES string of the molecule is COC(O)(O)/C(N)=C1\C=C(c2cnc(OC(C)(C)C(F)(F)F)c(F)c2)C=CN1N. The molecule has 160 valence electrons.